The molecule has 0 aromatic rings. The molecule has 0 unspecified atom stereocenters. The molecule has 2 N–H and O–H groups in total. The standard InChI is InChI=1S/C8H14O2/c1-6(2)8(10)7(3)4-5-9/h4,8-10H,1,5H2,2-3H3/b7-4-/t8-/m0/s1. The van der Waals surface area contributed by atoms with E-state index in [1.165, 1.54) is 0 Å². The summed E-state index contributed by atoms with van der Waals surface area (Å²) in [7, 11) is 0. The summed E-state index contributed by atoms with van der Waals surface area (Å²) in [5.41, 5.74) is 1.44. The molecule has 0 bridgehead atoms. The van der Waals surface area contributed by atoms with Gasteiger partial charge in [0.25, 0.3) is 0 Å². The second kappa shape index (κ2) is 4.25. The van der Waals surface area contributed by atoms with Crippen LogP contribution in [-0.4, -0.2) is 22.9 Å². The lowest BCUT2D eigenvalue weighted by atomic mass is 10.1. The highest BCUT2D eigenvalue weighted by atomic mass is 16.3. The largest absolute Gasteiger partial charge is 0.392 e. The quantitative estimate of drug-likeness (QED) is 0.574. The van der Waals surface area contributed by atoms with Crippen LogP contribution < -0.4 is 0 Å². The van der Waals surface area contributed by atoms with Gasteiger partial charge in [-0.1, -0.05) is 12.7 Å². The summed E-state index contributed by atoms with van der Waals surface area (Å²) in [6.45, 7) is 7.06. The second-order valence-electron chi connectivity index (χ2n) is 2.38. The Morgan fingerprint density at radius 3 is 2.40 bits per heavy atom. The smallest absolute Gasteiger partial charge is 0.0953 e. The Bertz CT molecular complexity index is 147. The Morgan fingerprint density at radius 2 is 2.10 bits per heavy atom. The molecule has 0 saturated carbocycles. The zero-order valence-corrected chi connectivity index (χ0v) is 6.46. The molecule has 0 aromatic heterocycles. The van der Waals surface area contributed by atoms with Crippen molar-refractivity contribution in [2.24, 2.45) is 0 Å². The molecule has 2 heteroatoms. The summed E-state index contributed by atoms with van der Waals surface area (Å²) >= 11 is 0. The van der Waals surface area contributed by atoms with E-state index in [4.69, 9.17) is 5.11 Å². The molecule has 0 spiro atoms. The summed E-state index contributed by atoms with van der Waals surface area (Å²) < 4.78 is 0. The van der Waals surface area contributed by atoms with Crippen LogP contribution in [-0.2, 0) is 0 Å². The fourth-order valence-electron chi connectivity index (χ4n) is 0.644. The van der Waals surface area contributed by atoms with Gasteiger partial charge in [-0.3, -0.25) is 0 Å². The van der Waals surface area contributed by atoms with E-state index in [0.29, 0.717) is 5.57 Å². The van der Waals surface area contributed by atoms with Gasteiger partial charge in [0.2, 0.25) is 0 Å². The molecular formula is C8H14O2. The summed E-state index contributed by atoms with van der Waals surface area (Å²) in [4.78, 5) is 0. The first-order valence-electron chi connectivity index (χ1n) is 3.20. The van der Waals surface area contributed by atoms with Gasteiger partial charge in [0.1, 0.15) is 0 Å². The molecule has 2 nitrogen and oxygen atoms in total. The Balaban J connectivity index is 4.06. The van der Waals surface area contributed by atoms with Crippen LogP contribution in [0.25, 0.3) is 0 Å². The van der Waals surface area contributed by atoms with Crippen molar-refractivity contribution in [3.05, 3.63) is 23.8 Å². The van der Waals surface area contributed by atoms with Crippen LogP contribution in [0, 0.1) is 0 Å². The van der Waals surface area contributed by atoms with Crippen molar-refractivity contribution in [2.45, 2.75) is 20.0 Å². The van der Waals surface area contributed by atoms with Crippen LogP contribution in [0.1, 0.15) is 13.8 Å². The van der Waals surface area contributed by atoms with Gasteiger partial charge in [0.15, 0.2) is 0 Å². The van der Waals surface area contributed by atoms with Gasteiger partial charge < -0.3 is 10.2 Å². The van der Waals surface area contributed by atoms with Crippen molar-refractivity contribution in [2.75, 3.05) is 6.61 Å². The maximum Gasteiger partial charge on any atom is 0.0953 e. The summed E-state index contributed by atoms with van der Waals surface area (Å²) in [6, 6.07) is 0. The number of rotatable bonds is 3. The Kier molecular flexibility index (Phi) is 4.00. The minimum atomic E-state index is -0.604. The first-order chi connectivity index (χ1) is 4.59. The average Bonchev–Trinajstić information content (AvgIpc) is 1.87. The average molecular weight is 142 g/mol. The van der Waals surface area contributed by atoms with Crippen molar-refractivity contribution >= 4 is 0 Å². The molecule has 0 aliphatic rings. The van der Waals surface area contributed by atoms with Crippen molar-refractivity contribution in [3.8, 4) is 0 Å². The SMILES string of the molecule is C=C(C)[C@H](O)/C(C)=C\CO. The normalized spacial score (nSPS) is 15.0. The first-order valence-corrected chi connectivity index (χ1v) is 3.20. The molecule has 0 rings (SSSR count). The molecule has 0 fully saturated rings. The summed E-state index contributed by atoms with van der Waals surface area (Å²) in [5.74, 6) is 0. The third-order valence-corrected chi connectivity index (χ3v) is 1.31. The highest BCUT2D eigenvalue weighted by molar-refractivity contribution is 5.17. The fraction of sp³-hybridized carbons (Fsp3) is 0.500. The van der Waals surface area contributed by atoms with E-state index in [2.05, 4.69) is 6.58 Å². The van der Waals surface area contributed by atoms with Crippen molar-refractivity contribution in [3.63, 3.8) is 0 Å². The lowest BCUT2D eigenvalue weighted by molar-refractivity contribution is 0.244. The number of aliphatic hydroxyl groups excluding tert-OH is 2. The molecule has 0 amide bonds. The Labute approximate surface area is 61.5 Å². The van der Waals surface area contributed by atoms with Gasteiger partial charge in [-0.2, -0.15) is 0 Å². The zero-order valence-electron chi connectivity index (χ0n) is 6.46. The van der Waals surface area contributed by atoms with Gasteiger partial charge in [-0.05, 0) is 25.0 Å². The van der Waals surface area contributed by atoms with Crippen LogP contribution in [0.2, 0.25) is 0 Å². The second-order valence-corrected chi connectivity index (χ2v) is 2.38. The minimum absolute atomic E-state index is 0.0316. The lowest BCUT2D eigenvalue weighted by Crippen LogP contribution is -2.08. The van der Waals surface area contributed by atoms with E-state index in [0.717, 1.165) is 5.57 Å². The number of hydrogen-bond acceptors (Lipinski definition) is 2. The first kappa shape index (κ1) is 9.40. The maximum absolute atomic E-state index is 9.25. The minimum Gasteiger partial charge on any atom is -0.392 e. The fourth-order valence-corrected chi connectivity index (χ4v) is 0.644. The lowest BCUT2D eigenvalue weighted by Gasteiger charge is -2.09. The highest BCUT2D eigenvalue weighted by Gasteiger charge is 2.04. The van der Waals surface area contributed by atoms with E-state index >= 15 is 0 Å². The summed E-state index contributed by atoms with van der Waals surface area (Å²) in [6.07, 6.45) is 0.964. The van der Waals surface area contributed by atoms with Gasteiger partial charge in [-0.25, -0.2) is 0 Å². The molecule has 0 aliphatic heterocycles. The van der Waals surface area contributed by atoms with Gasteiger partial charge in [0.05, 0.1) is 12.7 Å². The van der Waals surface area contributed by atoms with Crippen molar-refractivity contribution in [1.82, 2.24) is 0 Å². The molecule has 0 aromatic carbocycles. The molecule has 58 valence electrons. The molecular weight excluding hydrogens is 128 g/mol. The molecule has 1 atom stereocenters. The third-order valence-electron chi connectivity index (χ3n) is 1.31. The van der Waals surface area contributed by atoms with Crippen LogP contribution >= 0.6 is 0 Å². The molecule has 0 heterocycles. The molecule has 0 radical (unpaired) electrons. The van der Waals surface area contributed by atoms with Crippen molar-refractivity contribution in [1.29, 1.82) is 0 Å². The van der Waals surface area contributed by atoms with E-state index in [1.54, 1.807) is 19.9 Å². The topological polar surface area (TPSA) is 40.5 Å². The van der Waals surface area contributed by atoms with E-state index < -0.39 is 6.10 Å². The van der Waals surface area contributed by atoms with Crippen LogP contribution in [0.4, 0.5) is 0 Å². The van der Waals surface area contributed by atoms with E-state index in [9.17, 15) is 5.11 Å². The van der Waals surface area contributed by atoms with E-state index in [-0.39, 0.29) is 6.61 Å². The zero-order chi connectivity index (χ0) is 8.15. The number of hydrogen-bond donors (Lipinski definition) is 2. The predicted octanol–water partition coefficient (Wildman–Crippen LogP) is 0.862. The Morgan fingerprint density at radius 1 is 1.60 bits per heavy atom. The molecule has 0 aliphatic carbocycles. The van der Waals surface area contributed by atoms with Gasteiger partial charge in [-0.15, -0.1) is 0 Å². The monoisotopic (exact) mass is 142 g/mol. The van der Waals surface area contributed by atoms with Gasteiger partial charge >= 0.3 is 0 Å². The van der Waals surface area contributed by atoms with Crippen LogP contribution in [0.5, 0.6) is 0 Å². The van der Waals surface area contributed by atoms with Crippen LogP contribution in [0.15, 0.2) is 23.8 Å². The molecule has 10 heavy (non-hydrogen) atoms. The third kappa shape index (κ3) is 2.80. The maximum atomic E-state index is 9.25. The summed E-state index contributed by atoms with van der Waals surface area (Å²) in [5, 5.41) is 17.7. The van der Waals surface area contributed by atoms with Crippen molar-refractivity contribution < 1.29 is 10.2 Å². The number of aliphatic hydroxyl groups is 2. The predicted molar refractivity (Wildman–Crippen MR) is 41.7 cm³/mol. The Hall–Kier alpha value is -0.600. The molecule has 0 saturated heterocycles. The highest BCUT2D eigenvalue weighted by Crippen LogP contribution is 2.07. The van der Waals surface area contributed by atoms with E-state index in [1.807, 2.05) is 0 Å². The van der Waals surface area contributed by atoms with Crippen LogP contribution in [0.3, 0.4) is 0 Å². The van der Waals surface area contributed by atoms with Gasteiger partial charge in [0, 0.05) is 0 Å².